The number of likely N-dealkylation sites (N-methyl/N-ethyl adjacent to an activating group) is 1. The largest absolute Gasteiger partial charge is 0.359 e. The van der Waals surface area contributed by atoms with Gasteiger partial charge in [0, 0.05) is 37.4 Å². The van der Waals surface area contributed by atoms with Crippen LogP contribution in [0.1, 0.15) is 12.0 Å². The minimum absolute atomic E-state index is 0.0307. The van der Waals surface area contributed by atoms with E-state index in [0.29, 0.717) is 19.4 Å². The number of rotatable bonds is 6. The summed E-state index contributed by atoms with van der Waals surface area (Å²) in [6.45, 7) is 0.633. The first kappa shape index (κ1) is 16.8. The predicted octanol–water partition coefficient (Wildman–Crippen LogP) is 2.96. The van der Waals surface area contributed by atoms with Gasteiger partial charge in [-0.3, -0.25) is 9.59 Å². The van der Waals surface area contributed by atoms with Crippen LogP contribution in [0.15, 0.2) is 60.8 Å². The summed E-state index contributed by atoms with van der Waals surface area (Å²) >= 11 is 0. The van der Waals surface area contributed by atoms with Gasteiger partial charge < -0.3 is 15.2 Å². The maximum Gasteiger partial charge on any atom is 0.226 e. The molecule has 0 saturated carbocycles. The summed E-state index contributed by atoms with van der Waals surface area (Å²) in [6.07, 6.45) is 2.75. The molecular formula is C20H21N3O2. The van der Waals surface area contributed by atoms with Crippen molar-refractivity contribution in [1.82, 2.24) is 9.88 Å². The third-order valence-electron chi connectivity index (χ3n) is 4.14. The number of anilines is 1. The summed E-state index contributed by atoms with van der Waals surface area (Å²) in [4.78, 5) is 23.5. The predicted molar refractivity (Wildman–Crippen MR) is 99.4 cm³/mol. The van der Waals surface area contributed by atoms with E-state index in [2.05, 4.69) is 33.4 Å². The second-order valence-corrected chi connectivity index (χ2v) is 5.91. The molecule has 0 aliphatic carbocycles. The highest BCUT2D eigenvalue weighted by Crippen LogP contribution is 2.16. The van der Waals surface area contributed by atoms with E-state index in [-0.39, 0.29) is 11.8 Å². The minimum Gasteiger partial charge on any atom is -0.359 e. The second-order valence-electron chi connectivity index (χ2n) is 5.91. The first-order valence-electron chi connectivity index (χ1n) is 8.29. The van der Waals surface area contributed by atoms with Crippen molar-refractivity contribution < 1.29 is 9.59 Å². The topological polar surface area (TPSA) is 63.1 Å². The lowest BCUT2D eigenvalue weighted by Crippen LogP contribution is -2.19. The zero-order valence-corrected chi connectivity index (χ0v) is 14.2. The van der Waals surface area contributed by atoms with E-state index >= 15 is 0 Å². The summed E-state index contributed by atoms with van der Waals surface area (Å²) in [6, 6.07) is 17.5. The van der Waals surface area contributed by atoms with Gasteiger partial charge in [-0.2, -0.15) is 0 Å². The third-order valence-corrected chi connectivity index (χ3v) is 4.14. The molecule has 2 amide bonds. The Morgan fingerprint density at radius 2 is 1.72 bits per heavy atom. The number of hydrogen-bond donors (Lipinski definition) is 2. The van der Waals surface area contributed by atoms with Gasteiger partial charge in [-0.05, 0) is 35.2 Å². The Morgan fingerprint density at radius 3 is 2.48 bits per heavy atom. The molecule has 0 atom stereocenters. The number of carbonyl (C=O) groups excluding carboxylic acids is 2. The number of fused-ring (bicyclic) bond motifs is 1. The molecule has 128 valence electrons. The van der Waals surface area contributed by atoms with Gasteiger partial charge in [-0.1, -0.05) is 30.3 Å². The highest BCUT2D eigenvalue weighted by Gasteiger charge is 2.06. The van der Waals surface area contributed by atoms with Crippen LogP contribution in [0.2, 0.25) is 0 Å². The van der Waals surface area contributed by atoms with Gasteiger partial charge in [0.25, 0.3) is 0 Å². The van der Waals surface area contributed by atoms with Crippen molar-refractivity contribution in [3.05, 3.63) is 66.4 Å². The van der Waals surface area contributed by atoms with E-state index in [9.17, 15) is 9.59 Å². The van der Waals surface area contributed by atoms with Gasteiger partial charge in [0.1, 0.15) is 0 Å². The van der Waals surface area contributed by atoms with Crippen molar-refractivity contribution in [3.8, 4) is 0 Å². The first-order valence-corrected chi connectivity index (χ1v) is 8.29. The van der Waals surface area contributed by atoms with Crippen molar-refractivity contribution >= 4 is 28.4 Å². The fourth-order valence-corrected chi connectivity index (χ4v) is 2.76. The Labute approximate surface area is 146 Å². The zero-order valence-electron chi connectivity index (χ0n) is 14.2. The fourth-order valence-electron chi connectivity index (χ4n) is 2.76. The smallest absolute Gasteiger partial charge is 0.226 e. The molecule has 1 heterocycles. The molecule has 0 aliphatic rings. The summed E-state index contributed by atoms with van der Waals surface area (Å²) in [5.74, 6) is -0.0624. The van der Waals surface area contributed by atoms with Crippen LogP contribution in [0.25, 0.3) is 10.9 Å². The normalized spacial score (nSPS) is 10.6. The van der Waals surface area contributed by atoms with Crippen LogP contribution < -0.4 is 10.6 Å². The van der Waals surface area contributed by atoms with Crippen molar-refractivity contribution in [2.75, 3.05) is 12.4 Å². The van der Waals surface area contributed by atoms with E-state index in [1.807, 2.05) is 42.6 Å². The van der Waals surface area contributed by atoms with Gasteiger partial charge in [0.2, 0.25) is 11.8 Å². The third kappa shape index (κ3) is 4.26. The molecule has 3 rings (SSSR count). The fraction of sp³-hybridized carbons (Fsp3) is 0.200. The van der Waals surface area contributed by atoms with Gasteiger partial charge in [0.05, 0.1) is 6.42 Å². The molecule has 3 aromatic rings. The van der Waals surface area contributed by atoms with Crippen LogP contribution in [0.4, 0.5) is 5.69 Å². The lowest BCUT2D eigenvalue weighted by molar-refractivity contribution is -0.120. The molecule has 0 aliphatic heterocycles. The Kier molecular flexibility index (Phi) is 5.14. The second kappa shape index (κ2) is 7.66. The average Bonchev–Trinajstić information content (AvgIpc) is 3.05. The molecule has 0 bridgehead atoms. The lowest BCUT2D eigenvalue weighted by atomic mass is 10.1. The number of aromatic nitrogens is 1. The zero-order chi connectivity index (χ0) is 17.6. The summed E-state index contributed by atoms with van der Waals surface area (Å²) in [5, 5.41) is 6.66. The number of carbonyl (C=O) groups is 2. The van der Waals surface area contributed by atoms with Crippen LogP contribution in [0.5, 0.6) is 0 Å². The SMILES string of the molecule is CNC(=O)Cc1ccc(NC(=O)CCn2ccc3ccccc32)cc1. The van der Waals surface area contributed by atoms with Crippen LogP contribution in [0, 0.1) is 0 Å². The standard InChI is InChI=1S/C20H21N3O2/c1-21-20(25)14-15-6-8-17(9-7-15)22-19(24)11-13-23-12-10-16-4-2-3-5-18(16)23/h2-10,12H,11,13-14H2,1H3,(H,21,25)(H,22,24). The van der Waals surface area contributed by atoms with Crippen molar-refractivity contribution in [2.45, 2.75) is 19.4 Å². The van der Waals surface area contributed by atoms with E-state index in [4.69, 9.17) is 0 Å². The highest BCUT2D eigenvalue weighted by molar-refractivity contribution is 5.91. The number of nitrogens with zero attached hydrogens (tertiary/aromatic N) is 1. The molecule has 0 unspecified atom stereocenters. The van der Waals surface area contributed by atoms with Crippen LogP contribution in [-0.2, 0) is 22.6 Å². The Bertz CT molecular complexity index is 881. The number of nitrogens with one attached hydrogen (secondary N) is 2. The number of amides is 2. The number of para-hydroxylation sites is 1. The quantitative estimate of drug-likeness (QED) is 0.727. The highest BCUT2D eigenvalue weighted by atomic mass is 16.2. The molecular weight excluding hydrogens is 314 g/mol. The van der Waals surface area contributed by atoms with Crippen molar-refractivity contribution in [1.29, 1.82) is 0 Å². The molecule has 2 aromatic carbocycles. The molecule has 0 spiro atoms. The molecule has 25 heavy (non-hydrogen) atoms. The Morgan fingerprint density at radius 1 is 0.960 bits per heavy atom. The van der Waals surface area contributed by atoms with E-state index in [0.717, 1.165) is 16.8 Å². The van der Waals surface area contributed by atoms with Crippen molar-refractivity contribution in [3.63, 3.8) is 0 Å². The van der Waals surface area contributed by atoms with Crippen LogP contribution in [-0.4, -0.2) is 23.4 Å². The van der Waals surface area contributed by atoms with Crippen LogP contribution >= 0.6 is 0 Å². The molecule has 0 fully saturated rings. The molecule has 2 N–H and O–H groups in total. The maximum atomic E-state index is 12.2. The summed E-state index contributed by atoms with van der Waals surface area (Å²) in [5.41, 5.74) is 2.79. The number of hydrogen-bond acceptors (Lipinski definition) is 2. The molecule has 0 saturated heterocycles. The van der Waals surface area contributed by atoms with Gasteiger partial charge >= 0.3 is 0 Å². The van der Waals surface area contributed by atoms with E-state index < -0.39 is 0 Å². The number of benzene rings is 2. The van der Waals surface area contributed by atoms with Gasteiger partial charge in [-0.15, -0.1) is 0 Å². The Balaban J connectivity index is 1.55. The van der Waals surface area contributed by atoms with Gasteiger partial charge in [-0.25, -0.2) is 0 Å². The first-order chi connectivity index (χ1) is 12.2. The summed E-state index contributed by atoms with van der Waals surface area (Å²) in [7, 11) is 1.62. The number of aryl methyl sites for hydroxylation is 1. The van der Waals surface area contributed by atoms with E-state index in [1.54, 1.807) is 7.05 Å². The molecule has 5 heteroatoms. The Hall–Kier alpha value is -3.08. The molecule has 1 aromatic heterocycles. The minimum atomic E-state index is -0.0317. The maximum absolute atomic E-state index is 12.2. The summed E-state index contributed by atoms with van der Waals surface area (Å²) < 4.78 is 2.08. The van der Waals surface area contributed by atoms with E-state index in [1.165, 1.54) is 5.39 Å². The van der Waals surface area contributed by atoms with Gasteiger partial charge in [0.15, 0.2) is 0 Å². The average molecular weight is 335 g/mol. The monoisotopic (exact) mass is 335 g/mol. The van der Waals surface area contributed by atoms with Crippen molar-refractivity contribution in [2.24, 2.45) is 0 Å². The van der Waals surface area contributed by atoms with Crippen LogP contribution in [0.3, 0.4) is 0 Å². The molecule has 0 radical (unpaired) electrons. The molecule has 5 nitrogen and oxygen atoms in total. The lowest BCUT2D eigenvalue weighted by Gasteiger charge is -2.08.